The van der Waals surface area contributed by atoms with Crippen LogP contribution >= 0.6 is 0 Å². The number of alkyl halides is 5. The van der Waals surface area contributed by atoms with Gasteiger partial charge in [0.05, 0.1) is 0 Å². The molecule has 0 fully saturated rings. The van der Waals surface area contributed by atoms with E-state index in [1.54, 1.807) is 0 Å². The smallest absolute Gasteiger partial charge is 0.385 e. The van der Waals surface area contributed by atoms with E-state index in [-0.39, 0.29) is 19.4 Å². The molecule has 92 valence electrons. The fourth-order valence-corrected chi connectivity index (χ4v) is 0.948. The number of aliphatic hydroxyl groups is 1. The maximum atomic E-state index is 12.5. The van der Waals surface area contributed by atoms with Crippen LogP contribution in [0.5, 0.6) is 0 Å². The molecule has 2 unspecified atom stereocenters. The largest absolute Gasteiger partial charge is 0.456 e. The Morgan fingerprint density at radius 3 is 1.93 bits per heavy atom. The van der Waals surface area contributed by atoms with Crippen molar-refractivity contribution in [3.8, 4) is 0 Å². The number of hydrogen-bond donors (Lipinski definition) is 3. The first-order valence-electron chi connectivity index (χ1n) is 4.22. The van der Waals surface area contributed by atoms with Gasteiger partial charge in [-0.2, -0.15) is 22.0 Å². The van der Waals surface area contributed by atoms with E-state index in [1.807, 2.05) is 0 Å². The molecule has 0 aromatic carbocycles. The van der Waals surface area contributed by atoms with E-state index >= 15 is 0 Å². The molecule has 0 aliphatic rings. The van der Waals surface area contributed by atoms with E-state index < -0.39 is 24.2 Å². The zero-order valence-electron chi connectivity index (χ0n) is 7.77. The second kappa shape index (κ2) is 5.04. The molecule has 0 aliphatic heterocycles. The maximum absolute atomic E-state index is 12.5. The normalized spacial score (nSPS) is 17.6. The van der Waals surface area contributed by atoms with E-state index in [4.69, 9.17) is 16.6 Å². The number of halogens is 5. The van der Waals surface area contributed by atoms with Crippen LogP contribution in [0.25, 0.3) is 0 Å². The summed E-state index contributed by atoms with van der Waals surface area (Å²) in [7, 11) is 0. The molecule has 15 heavy (non-hydrogen) atoms. The lowest BCUT2D eigenvalue weighted by molar-refractivity contribution is -0.315. The number of aliphatic hydroxyl groups excluding tert-OH is 1. The lowest BCUT2D eigenvalue weighted by Gasteiger charge is -2.28. The minimum absolute atomic E-state index is 0.109. The summed E-state index contributed by atoms with van der Waals surface area (Å²) in [4.78, 5) is 0. The van der Waals surface area contributed by atoms with Gasteiger partial charge in [-0.3, -0.25) is 0 Å². The molecule has 0 aromatic heterocycles. The second-order valence-electron chi connectivity index (χ2n) is 3.16. The Labute approximate surface area is 83.2 Å². The quantitative estimate of drug-likeness (QED) is 0.612. The number of rotatable bonds is 5. The Balaban J connectivity index is 4.48. The van der Waals surface area contributed by atoms with Crippen molar-refractivity contribution >= 4 is 0 Å². The number of hydrogen-bond acceptors (Lipinski definition) is 3. The summed E-state index contributed by atoms with van der Waals surface area (Å²) < 4.78 is 60.4. The van der Waals surface area contributed by atoms with Crippen LogP contribution in [0.4, 0.5) is 22.0 Å². The van der Waals surface area contributed by atoms with Crippen molar-refractivity contribution in [1.82, 2.24) is 0 Å². The Kier molecular flexibility index (Phi) is 4.88. The van der Waals surface area contributed by atoms with Crippen molar-refractivity contribution in [2.75, 3.05) is 6.54 Å². The highest BCUT2D eigenvalue weighted by atomic mass is 19.4. The van der Waals surface area contributed by atoms with Crippen LogP contribution in [0.1, 0.15) is 12.8 Å². The van der Waals surface area contributed by atoms with E-state index in [9.17, 15) is 22.0 Å². The molecule has 0 aliphatic carbocycles. The van der Waals surface area contributed by atoms with Gasteiger partial charge in [0.25, 0.3) is 0 Å². The highest BCUT2D eigenvalue weighted by Crippen LogP contribution is 2.39. The second-order valence-corrected chi connectivity index (χ2v) is 3.16. The SMILES string of the molecule is NCCCC(N)C(O)C(F)(F)C(F)(F)F. The fraction of sp³-hybridized carbons (Fsp3) is 1.00. The van der Waals surface area contributed by atoms with Crippen LogP contribution in [0.2, 0.25) is 0 Å². The van der Waals surface area contributed by atoms with Gasteiger partial charge in [0, 0.05) is 6.04 Å². The molecule has 0 saturated heterocycles. The van der Waals surface area contributed by atoms with Crippen molar-refractivity contribution < 1.29 is 27.1 Å². The predicted molar refractivity (Wildman–Crippen MR) is 43.3 cm³/mol. The Morgan fingerprint density at radius 1 is 1.13 bits per heavy atom. The molecule has 0 aromatic rings. The first kappa shape index (κ1) is 14.5. The van der Waals surface area contributed by atoms with Crippen LogP contribution in [-0.2, 0) is 0 Å². The lowest BCUT2D eigenvalue weighted by Crippen LogP contribution is -2.55. The van der Waals surface area contributed by atoms with Gasteiger partial charge >= 0.3 is 12.1 Å². The van der Waals surface area contributed by atoms with E-state index in [2.05, 4.69) is 0 Å². The first-order valence-corrected chi connectivity index (χ1v) is 4.22. The van der Waals surface area contributed by atoms with E-state index in [1.165, 1.54) is 0 Å². The molecule has 5 N–H and O–H groups in total. The van der Waals surface area contributed by atoms with Crippen molar-refractivity contribution in [3.63, 3.8) is 0 Å². The monoisotopic (exact) mass is 236 g/mol. The zero-order chi connectivity index (χ0) is 12.3. The van der Waals surface area contributed by atoms with Crippen LogP contribution < -0.4 is 11.5 Å². The van der Waals surface area contributed by atoms with Gasteiger partial charge in [0.15, 0.2) is 0 Å². The summed E-state index contributed by atoms with van der Waals surface area (Å²) in [6.07, 6.45) is -8.76. The van der Waals surface area contributed by atoms with Crippen molar-refractivity contribution in [1.29, 1.82) is 0 Å². The summed E-state index contributed by atoms with van der Waals surface area (Å²) >= 11 is 0. The van der Waals surface area contributed by atoms with Crippen LogP contribution in [-0.4, -0.2) is 35.9 Å². The fourth-order valence-electron chi connectivity index (χ4n) is 0.948. The lowest BCUT2D eigenvalue weighted by atomic mass is 10.0. The summed E-state index contributed by atoms with van der Waals surface area (Å²) in [6, 6.07) is -1.65. The minimum Gasteiger partial charge on any atom is -0.385 e. The van der Waals surface area contributed by atoms with Gasteiger partial charge in [-0.15, -0.1) is 0 Å². The molecule has 0 rings (SSSR count). The summed E-state index contributed by atoms with van der Waals surface area (Å²) in [5.41, 5.74) is 10.0. The van der Waals surface area contributed by atoms with E-state index in [0.717, 1.165) is 0 Å². The standard InChI is InChI=1S/C7H13F5N2O/c8-6(9,7(10,11)12)5(15)4(14)2-1-3-13/h4-5,15H,1-3,13-14H2. The van der Waals surface area contributed by atoms with Crippen molar-refractivity contribution in [3.05, 3.63) is 0 Å². The summed E-state index contributed by atoms with van der Waals surface area (Å²) in [5.74, 6) is -5.19. The molecule has 0 amide bonds. The van der Waals surface area contributed by atoms with Crippen molar-refractivity contribution in [2.45, 2.75) is 37.1 Å². The Hall–Kier alpha value is -0.470. The zero-order valence-corrected chi connectivity index (χ0v) is 7.77. The van der Waals surface area contributed by atoms with Crippen LogP contribution in [0.15, 0.2) is 0 Å². The number of nitrogens with two attached hydrogens (primary N) is 2. The highest BCUT2D eigenvalue weighted by molar-refractivity contribution is 4.90. The van der Waals surface area contributed by atoms with Crippen LogP contribution in [0.3, 0.4) is 0 Å². The maximum Gasteiger partial charge on any atom is 0.456 e. The van der Waals surface area contributed by atoms with E-state index in [0.29, 0.717) is 0 Å². The molecule has 0 bridgehead atoms. The Bertz CT molecular complexity index is 196. The molecule has 0 spiro atoms. The molecule has 8 heteroatoms. The van der Waals surface area contributed by atoms with Gasteiger partial charge in [0.2, 0.25) is 0 Å². The van der Waals surface area contributed by atoms with Gasteiger partial charge in [-0.1, -0.05) is 0 Å². The predicted octanol–water partition coefficient (Wildman–Crippen LogP) is 0.611. The van der Waals surface area contributed by atoms with Gasteiger partial charge < -0.3 is 16.6 Å². The Morgan fingerprint density at radius 2 is 1.60 bits per heavy atom. The third-order valence-corrected chi connectivity index (χ3v) is 1.90. The molecule has 0 radical (unpaired) electrons. The van der Waals surface area contributed by atoms with Gasteiger partial charge in [-0.05, 0) is 19.4 Å². The van der Waals surface area contributed by atoms with Crippen LogP contribution in [0, 0.1) is 0 Å². The minimum atomic E-state index is -5.80. The molecule has 0 saturated carbocycles. The molecular weight excluding hydrogens is 223 g/mol. The summed E-state index contributed by atoms with van der Waals surface area (Å²) in [6.45, 7) is 0.109. The average Bonchev–Trinajstić information content (AvgIpc) is 2.10. The molecule has 3 nitrogen and oxygen atoms in total. The summed E-state index contributed by atoms with van der Waals surface area (Å²) in [5, 5.41) is 8.77. The molecule has 0 heterocycles. The average molecular weight is 236 g/mol. The third kappa shape index (κ3) is 3.54. The van der Waals surface area contributed by atoms with Gasteiger partial charge in [0.1, 0.15) is 6.10 Å². The third-order valence-electron chi connectivity index (χ3n) is 1.90. The first-order chi connectivity index (χ1) is 6.64. The van der Waals surface area contributed by atoms with Gasteiger partial charge in [-0.25, -0.2) is 0 Å². The molecule has 2 atom stereocenters. The van der Waals surface area contributed by atoms with Crippen molar-refractivity contribution in [2.24, 2.45) is 11.5 Å². The topological polar surface area (TPSA) is 72.3 Å². The highest BCUT2D eigenvalue weighted by Gasteiger charge is 2.63. The molecular formula is C7H13F5N2O.